The number of hydrogen-bond donors (Lipinski definition) is 2. The Hall–Kier alpha value is -1.75. The van der Waals surface area contributed by atoms with Gasteiger partial charge >= 0.3 is 12.0 Å². The Morgan fingerprint density at radius 3 is 2.68 bits per heavy atom. The largest absolute Gasteiger partial charge is 0.481 e. The zero-order valence-electron chi connectivity index (χ0n) is 10.9. The van der Waals surface area contributed by atoms with Gasteiger partial charge in [0.1, 0.15) is 0 Å². The van der Waals surface area contributed by atoms with Gasteiger partial charge in [-0.3, -0.25) is 4.79 Å². The average molecular weight is 285 g/mol. The topological polar surface area (TPSA) is 69.6 Å². The summed E-state index contributed by atoms with van der Waals surface area (Å²) >= 11 is 6.09. The van der Waals surface area contributed by atoms with Crippen LogP contribution in [-0.2, 0) is 4.79 Å². The van der Waals surface area contributed by atoms with Crippen LogP contribution in [0.15, 0.2) is 18.2 Å². The molecule has 2 N–H and O–H groups in total. The van der Waals surface area contributed by atoms with Crippen LogP contribution < -0.4 is 5.32 Å². The summed E-state index contributed by atoms with van der Waals surface area (Å²) in [6.07, 6.45) is -0.0805. The Bertz CT molecular complexity index is 477. The lowest BCUT2D eigenvalue weighted by atomic mass is 10.2. The fourth-order valence-electron chi connectivity index (χ4n) is 1.57. The first kappa shape index (κ1) is 15.3. The van der Waals surface area contributed by atoms with Gasteiger partial charge in [-0.05, 0) is 25.5 Å². The smallest absolute Gasteiger partial charge is 0.321 e. The van der Waals surface area contributed by atoms with Gasteiger partial charge in [-0.25, -0.2) is 4.79 Å². The molecule has 0 saturated heterocycles. The Kier molecular flexibility index (Phi) is 5.63. The monoisotopic (exact) mass is 284 g/mol. The number of carboxylic acids is 1. The molecule has 2 amide bonds. The molecule has 0 aliphatic heterocycles. The summed E-state index contributed by atoms with van der Waals surface area (Å²) in [7, 11) is 0. The van der Waals surface area contributed by atoms with E-state index in [1.165, 1.54) is 4.90 Å². The molecule has 1 rings (SSSR count). The van der Waals surface area contributed by atoms with E-state index in [9.17, 15) is 9.59 Å². The van der Waals surface area contributed by atoms with Gasteiger partial charge in [0.25, 0.3) is 0 Å². The van der Waals surface area contributed by atoms with Crippen LogP contribution in [0.4, 0.5) is 10.5 Å². The van der Waals surface area contributed by atoms with Crippen molar-refractivity contribution in [3.63, 3.8) is 0 Å². The molecule has 19 heavy (non-hydrogen) atoms. The lowest BCUT2D eigenvalue weighted by Crippen LogP contribution is -2.36. The highest BCUT2D eigenvalue weighted by atomic mass is 35.5. The van der Waals surface area contributed by atoms with Crippen LogP contribution in [0.25, 0.3) is 0 Å². The van der Waals surface area contributed by atoms with Crippen molar-refractivity contribution >= 4 is 29.3 Å². The van der Waals surface area contributed by atoms with Crippen molar-refractivity contribution in [1.82, 2.24) is 4.90 Å². The SMILES string of the molecule is CCN(CCC(=O)O)C(=O)Nc1cccc(C)c1Cl. The number of aliphatic carboxylic acids is 1. The van der Waals surface area contributed by atoms with Crippen LogP contribution >= 0.6 is 11.6 Å². The Balaban J connectivity index is 2.71. The van der Waals surface area contributed by atoms with E-state index in [-0.39, 0.29) is 19.0 Å². The zero-order chi connectivity index (χ0) is 14.4. The van der Waals surface area contributed by atoms with E-state index < -0.39 is 5.97 Å². The second kappa shape index (κ2) is 6.99. The predicted molar refractivity (Wildman–Crippen MR) is 74.7 cm³/mol. The van der Waals surface area contributed by atoms with Crippen molar-refractivity contribution in [2.75, 3.05) is 18.4 Å². The lowest BCUT2D eigenvalue weighted by molar-refractivity contribution is -0.137. The molecule has 0 unspecified atom stereocenters. The Labute approximate surface area is 117 Å². The maximum Gasteiger partial charge on any atom is 0.321 e. The second-order valence-corrected chi connectivity index (χ2v) is 4.47. The van der Waals surface area contributed by atoms with E-state index in [1.807, 2.05) is 13.0 Å². The second-order valence-electron chi connectivity index (χ2n) is 4.09. The van der Waals surface area contributed by atoms with E-state index >= 15 is 0 Å². The minimum Gasteiger partial charge on any atom is -0.481 e. The summed E-state index contributed by atoms with van der Waals surface area (Å²) < 4.78 is 0. The maximum atomic E-state index is 12.0. The number of carboxylic acid groups (broad SMARTS) is 1. The van der Waals surface area contributed by atoms with E-state index in [0.29, 0.717) is 17.3 Å². The molecular formula is C13H17ClN2O3. The molecule has 0 fully saturated rings. The predicted octanol–water partition coefficient (Wildman–Crippen LogP) is 2.98. The van der Waals surface area contributed by atoms with E-state index in [4.69, 9.17) is 16.7 Å². The van der Waals surface area contributed by atoms with Crippen LogP contribution in [0, 0.1) is 6.92 Å². The van der Waals surface area contributed by atoms with Gasteiger partial charge in [0.2, 0.25) is 0 Å². The van der Waals surface area contributed by atoms with Crippen LogP contribution in [-0.4, -0.2) is 35.1 Å². The quantitative estimate of drug-likeness (QED) is 0.873. The molecule has 0 aliphatic rings. The van der Waals surface area contributed by atoms with E-state index in [1.54, 1.807) is 19.1 Å². The number of hydrogen-bond acceptors (Lipinski definition) is 2. The van der Waals surface area contributed by atoms with Crippen molar-refractivity contribution in [2.45, 2.75) is 20.3 Å². The number of carbonyl (C=O) groups excluding carboxylic acids is 1. The first-order valence-corrected chi connectivity index (χ1v) is 6.36. The number of carbonyl (C=O) groups is 2. The molecule has 1 aromatic rings. The molecule has 0 spiro atoms. The highest BCUT2D eigenvalue weighted by Crippen LogP contribution is 2.25. The van der Waals surface area contributed by atoms with E-state index in [2.05, 4.69) is 5.32 Å². The van der Waals surface area contributed by atoms with Gasteiger partial charge in [-0.1, -0.05) is 23.7 Å². The number of anilines is 1. The van der Waals surface area contributed by atoms with E-state index in [0.717, 1.165) is 5.56 Å². The maximum absolute atomic E-state index is 12.0. The number of rotatable bonds is 5. The Morgan fingerprint density at radius 1 is 1.42 bits per heavy atom. The zero-order valence-corrected chi connectivity index (χ0v) is 11.7. The summed E-state index contributed by atoms with van der Waals surface area (Å²) in [5.41, 5.74) is 1.40. The average Bonchev–Trinajstić information content (AvgIpc) is 2.35. The van der Waals surface area contributed by atoms with Crippen molar-refractivity contribution in [1.29, 1.82) is 0 Å². The fraction of sp³-hybridized carbons (Fsp3) is 0.385. The molecule has 0 bridgehead atoms. The summed E-state index contributed by atoms with van der Waals surface area (Å²) in [6.45, 7) is 4.24. The highest BCUT2D eigenvalue weighted by Gasteiger charge is 2.14. The number of urea groups is 1. The molecule has 104 valence electrons. The molecule has 0 aromatic heterocycles. The van der Waals surface area contributed by atoms with Crippen molar-refractivity contribution in [3.8, 4) is 0 Å². The van der Waals surface area contributed by atoms with Crippen LogP contribution in [0.5, 0.6) is 0 Å². The summed E-state index contributed by atoms with van der Waals surface area (Å²) in [6, 6.07) is 5.00. The van der Waals surface area contributed by atoms with Gasteiger partial charge in [0.05, 0.1) is 17.1 Å². The van der Waals surface area contributed by atoms with Gasteiger partial charge in [-0.2, -0.15) is 0 Å². The third-order valence-corrected chi connectivity index (χ3v) is 3.20. The van der Waals surface area contributed by atoms with Crippen LogP contribution in [0.1, 0.15) is 18.9 Å². The number of amides is 2. The molecule has 6 heteroatoms. The lowest BCUT2D eigenvalue weighted by Gasteiger charge is -2.21. The molecule has 0 radical (unpaired) electrons. The first-order chi connectivity index (χ1) is 8.95. The molecule has 0 atom stereocenters. The standard InChI is InChI=1S/C13H17ClN2O3/c1-3-16(8-7-11(17)18)13(19)15-10-6-4-5-9(2)12(10)14/h4-6H,3,7-8H2,1-2H3,(H,15,19)(H,17,18). The summed E-state index contributed by atoms with van der Waals surface area (Å²) in [5, 5.41) is 11.8. The van der Waals surface area contributed by atoms with Crippen molar-refractivity contribution in [3.05, 3.63) is 28.8 Å². The van der Waals surface area contributed by atoms with Gasteiger partial charge in [-0.15, -0.1) is 0 Å². The molecule has 0 saturated carbocycles. The number of halogens is 1. The molecule has 0 aliphatic carbocycles. The number of aryl methyl sites for hydroxylation is 1. The van der Waals surface area contributed by atoms with Gasteiger partial charge in [0.15, 0.2) is 0 Å². The number of nitrogens with zero attached hydrogens (tertiary/aromatic N) is 1. The molecule has 1 aromatic carbocycles. The van der Waals surface area contributed by atoms with Crippen LogP contribution in [0.2, 0.25) is 5.02 Å². The summed E-state index contributed by atoms with van der Waals surface area (Å²) in [4.78, 5) is 23.9. The van der Waals surface area contributed by atoms with Crippen molar-refractivity contribution in [2.24, 2.45) is 0 Å². The minimum atomic E-state index is -0.931. The summed E-state index contributed by atoms with van der Waals surface area (Å²) in [5.74, 6) is -0.931. The van der Waals surface area contributed by atoms with Crippen molar-refractivity contribution < 1.29 is 14.7 Å². The van der Waals surface area contributed by atoms with Crippen LogP contribution in [0.3, 0.4) is 0 Å². The highest BCUT2D eigenvalue weighted by molar-refractivity contribution is 6.34. The minimum absolute atomic E-state index is 0.0805. The third-order valence-electron chi connectivity index (χ3n) is 2.70. The molecule has 0 heterocycles. The normalized spacial score (nSPS) is 10.1. The fourth-order valence-corrected chi connectivity index (χ4v) is 1.75. The molecule has 5 nitrogen and oxygen atoms in total. The number of nitrogens with one attached hydrogen (secondary N) is 1. The van der Waals surface area contributed by atoms with Gasteiger partial charge in [0, 0.05) is 13.1 Å². The first-order valence-electron chi connectivity index (χ1n) is 5.98. The Morgan fingerprint density at radius 2 is 2.11 bits per heavy atom. The van der Waals surface area contributed by atoms with Gasteiger partial charge < -0.3 is 15.3 Å². The third kappa shape index (κ3) is 4.44. The number of benzene rings is 1. The molecular weight excluding hydrogens is 268 g/mol.